The molecule has 1 saturated carbocycles. The molecule has 6 heteroatoms. The summed E-state index contributed by atoms with van der Waals surface area (Å²) in [6, 6.07) is 5.00. The van der Waals surface area contributed by atoms with Gasteiger partial charge in [-0.15, -0.1) is 0 Å². The Balaban J connectivity index is 2.20. The molecule has 0 heterocycles. The molecule has 0 radical (unpaired) electrons. The summed E-state index contributed by atoms with van der Waals surface area (Å²) in [5.41, 5.74) is 0. The normalized spacial score (nSPS) is 23.6. The molecule has 1 aromatic carbocycles. The van der Waals surface area contributed by atoms with Gasteiger partial charge in [0.25, 0.3) is 0 Å². The summed E-state index contributed by atoms with van der Waals surface area (Å²) in [5.74, 6) is 0.614. The molecule has 0 atom stereocenters. The van der Waals surface area contributed by atoms with Gasteiger partial charge in [-0.1, -0.05) is 15.9 Å². The first-order valence-corrected chi connectivity index (χ1v) is 9.11. The predicted octanol–water partition coefficient (Wildman–Crippen LogP) is 2.78. The average Bonchev–Trinajstić information content (AvgIpc) is 2.41. The van der Waals surface area contributed by atoms with Crippen LogP contribution in [0.4, 0.5) is 0 Å². The van der Waals surface area contributed by atoms with Gasteiger partial charge in [0.15, 0.2) is 9.84 Å². The van der Waals surface area contributed by atoms with Crippen LogP contribution < -0.4 is 4.74 Å². The van der Waals surface area contributed by atoms with E-state index in [9.17, 15) is 13.5 Å². The minimum absolute atomic E-state index is 0.118. The Morgan fingerprint density at radius 2 is 1.95 bits per heavy atom. The zero-order chi connectivity index (χ0) is 14.8. The number of rotatable bonds is 4. The van der Waals surface area contributed by atoms with Gasteiger partial charge < -0.3 is 9.84 Å². The molecule has 1 aliphatic carbocycles. The van der Waals surface area contributed by atoms with E-state index in [1.165, 1.54) is 7.11 Å². The number of hydrogen-bond acceptors (Lipinski definition) is 4. The van der Waals surface area contributed by atoms with Crippen LogP contribution in [-0.2, 0) is 9.84 Å². The molecule has 0 saturated heterocycles. The predicted molar refractivity (Wildman–Crippen MR) is 80.7 cm³/mol. The van der Waals surface area contributed by atoms with E-state index in [1.54, 1.807) is 18.2 Å². The number of hydrogen-bond donors (Lipinski definition) is 1. The van der Waals surface area contributed by atoms with Gasteiger partial charge in [0.1, 0.15) is 10.6 Å². The Morgan fingerprint density at radius 1 is 1.30 bits per heavy atom. The molecule has 2 rings (SSSR count). The molecule has 0 bridgehead atoms. The van der Waals surface area contributed by atoms with Crippen molar-refractivity contribution in [2.45, 2.75) is 36.7 Å². The van der Waals surface area contributed by atoms with E-state index in [0.29, 0.717) is 18.6 Å². The van der Waals surface area contributed by atoms with Crippen molar-refractivity contribution in [3.8, 4) is 5.75 Å². The third kappa shape index (κ3) is 3.74. The first-order chi connectivity index (χ1) is 9.42. The second kappa shape index (κ2) is 6.45. The third-order valence-corrected chi connectivity index (χ3v) is 6.12. The van der Waals surface area contributed by atoms with E-state index in [-0.39, 0.29) is 22.7 Å². The van der Waals surface area contributed by atoms with Gasteiger partial charge in [-0.2, -0.15) is 0 Å². The molecule has 112 valence electrons. The summed E-state index contributed by atoms with van der Waals surface area (Å²) >= 11 is 3.30. The largest absolute Gasteiger partial charge is 0.495 e. The smallest absolute Gasteiger partial charge is 0.182 e. The molecular formula is C14H19BrO4S. The summed E-state index contributed by atoms with van der Waals surface area (Å²) in [6.45, 7) is 0. The van der Waals surface area contributed by atoms with Crippen molar-refractivity contribution in [3.05, 3.63) is 22.7 Å². The number of aliphatic hydroxyl groups is 1. The van der Waals surface area contributed by atoms with Crippen LogP contribution in [0.2, 0.25) is 0 Å². The van der Waals surface area contributed by atoms with Crippen molar-refractivity contribution in [1.29, 1.82) is 0 Å². The van der Waals surface area contributed by atoms with Crippen molar-refractivity contribution in [3.63, 3.8) is 0 Å². The summed E-state index contributed by atoms with van der Waals surface area (Å²) in [4.78, 5) is 0.237. The highest BCUT2D eigenvalue weighted by Gasteiger charge is 2.27. The van der Waals surface area contributed by atoms with Crippen LogP contribution in [0.15, 0.2) is 27.6 Å². The maximum atomic E-state index is 12.6. The Kier molecular flexibility index (Phi) is 5.09. The van der Waals surface area contributed by atoms with Gasteiger partial charge in [0, 0.05) is 4.47 Å². The SMILES string of the molecule is COc1ccc(Br)cc1S(=O)(=O)C[C@H]1CC[C@@H](O)CC1. The van der Waals surface area contributed by atoms with Crippen LogP contribution in [0.1, 0.15) is 25.7 Å². The fourth-order valence-corrected chi connectivity index (χ4v) is 5.02. The number of methoxy groups -OCH3 is 1. The molecule has 1 fully saturated rings. The molecule has 1 N–H and O–H groups in total. The highest BCUT2D eigenvalue weighted by atomic mass is 79.9. The van der Waals surface area contributed by atoms with Crippen molar-refractivity contribution >= 4 is 25.8 Å². The van der Waals surface area contributed by atoms with E-state index in [2.05, 4.69) is 15.9 Å². The molecule has 0 spiro atoms. The van der Waals surface area contributed by atoms with Crippen LogP contribution in [0, 0.1) is 5.92 Å². The summed E-state index contributed by atoms with van der Waals surface area (Å²) in [6.07, 6.45) is 2.63. The first kappa shape index (κ1) is 15.8. The molecule has 4 nitrogen and oxygen atoms in total. The zero-order valence-electron chi connectivity index (χ0n) is 11.4. The second-order valence-electron chi connectivity index (χ2n) is 5.25. The van der Waals surface area contributed by atoms with Crippen LogP contribution in [0.25, 0.3) is 0 Å². The fraction of sp³-hybridized carbons (Fsp3) is 0.571. The summed E-state index contributed by atoms with van der Waals surface area (Å²) in [7, 11) is -1.91. The van der Waals surface area contributed by atoms with E-state index in [1.807, 2.05) is 0 Å². The minimum Gasteiger partial charge on any atom is -0.495 e. The van der Waals surface area contributed by atoms with E-state index in [0.717, 1.165) is 17.3 Å². The van der Waals surface area contributed by atoms with E-state index >= 15 is 0 Å². The zero-order valence-corrected chi connectivity index (χ0v) is 13.8. The maximum absolute atomic E-state index is 12.6. The van der Waals surface area contributed by atoms with Gasteiger partial charge in [-0.25, -0.2) is 8.42 Å². The minimum atomic E-state index is -3.38. The molecule has 20 heavy (non-hydrogen) atoms. The highest BCUT2D eigenvalue weighted by molar-refractivity contribution is 9.10. The van der Waals surface area contributed by atoms with Crippen molar-refractivity contribution < 1.29 is 18.3 Å². The molecule has 0 aromatic heterocycles. The van der Waals surface area contributed by atoms with Gasteiger partial charge >= 0.3 is 0 Å². The van der Waals surface area contributed by atoms with Crippen molar-refractivity contribution in [2.24, 2.45) is 5.92 Å². The Morgan fingerprint density at radius 3 is 2.55 bits per heavy atom. The monoisotopic (exact) mass is 362 g/mol. The van der Waals surface area contributed by atoms with Crippen LogP contribution in [0.5, 0.6) is 5.75 Å². The van der Waals surface area contributed by atoms with Gasteiger partial charge in [0.05, 0.1) is 19.0 Å². The fourth-order valence-electron chi connectivity index (χ4n) is 2.61. The summed E-state index contributed by atoms with van der Waals surface area (Å²) < 4.78 is 31.0. The number of ether oxygens (including phenoxy) is 1. The molecule has 0 aliphatic heterocycles. The second-order valence-corrected chi connectivity index (χ2v) is 8.17. The lowest BCUT2D eigenvalue weighted by Gasteiger charge is -2.25. The van der Waals surface area contributed by atoms with Crippen LogP contribution in [-0.4, -0.2) is 32.5 Å². The lowest BCUT2D eigenvalue weighted by atomic mass is 9.89. The molecule has 1 aromatic rings. The van der Waals surface area contributed by atoms with Gasteiger partial charge in [-0.3, -0.25) is 0 Å². The molecular weight excluding hydrogens is 344 g/mol. The number of sulfone groups is 1. The van der Waals surface area contributed by atoms with E-state index < -0.39 is 9.84 Å². The number of benzene rings is 1. The topological polar surface area (TPSA) is 63.6 Å². The Bertz CT molecular complexity index is 563. The molecule has 1 aliphatic rings. The molecule has 0 unspecified atom stereocenters. The van der Waals surface area contributed by atoms with Crippen LogP contribution >= 0.6 is 15.9 Å². The van der Waals surface area contributed by atoms with Gasteiger partial charge in [0.2, 0.25) is 0 Å². The Labute approximate surface area is 128 Å². The molecule has 0 amide bonds. The first-order valence-electron chi connectivity index (χ1n) is 6.66. The van der Waals surface area contributed by atoms with Crippen molar-refractivity contribution in [1.82, 2.24) is 0 Å². The standard InChI is InChI=1S/C14H19BrO4S/c1-19-13-7-4-11(15)8-14(13)20(17,18)9-10-2-5-12(16)6-3-10/h4,7-8,10,12,16H,2-3,5-6,9H2,1H3/t10-,12+. The number of halogens is 1. The van der Waals surface area contributed by atoms with Gasteiger partial charge in [-0.05, 0) is 49.8 Å². The lowest BCUT2D eigenvalue weighted by molar-refractivity contribution is 0.113. The van der Waals surface area contributed by atoms with Crippen molar-refractivity contribution in [2.75, 3.05) is 12.9 Å². The third-order valence-electron chi connectivity index (χ3n) is 3.73. The average molecular weight is 363 g/mol. The highest BCUT2D eigenvalue weighted by Crippen LogP contribution is 2.32. The van der Waals surface area contributed by atoms with E-state index in [4.69, 9.17) is 4.74 Å². The number of aliphatic hydroxyl groups excluding tert-OH is 1. The summed E-state index contributed by atoms with van der Waals surface area (Å²) in [5, 5.41) is 9.49. The maximum Gasteiger partial charge on any atom is 0.182 e. The quantitative estimate of drug-likeness (QED) is 0.894. The lowest BCUT2D eigenvalue weighted by Crippen LogP contribution is -2.24. The Hall–Kier alpha value is -0.590. The van der Waals surface area contributed by atoms with Crippen LogP contribution in [0.3, 0.4) is 0 Å².